The van der Waals surface area contributed by atoms with E-state index in [1.807, 2.05) is 12.1 Å². The lowest BCUT2D eigenvalue weighted by molar-refractivity contribution is -0.113. The number of amides is 1. The second kappa shape index (κ2) is 9.38. The first kappa shape index (κ1) is 19.9. The molecule has 1 heterocycles. The first-order valence-corrected chi connectivity index (χ1v) is 9.80. The number of aromatic amines is 1. The average molecular weight is 417 g/mol. The van der Waals surface area contributed by atoms with Crippen LogP contribution in [0.1, 0.15) is 17.3 Å². The number of para-hydroxylation sites is 1. The first-order valence-electron chi connectivity index (χ1n) is 8.44. The van der Waals surface area contributed by atoms with Gasteiger partial charge in [-0.2, -0.15) is 0 Å². The molecule has 0 saturated heterocycles. The quantitative estimate of drug-likeness (QED) is 0.445. The van der Waals surface area contributed by atoms with Crippen LogP contribution >= 0.6 is 23.4 Å². The van der Waals surface area contributed by atoms with Gasteiger partial charge in [-0.3, -0.25) is 9.89 Å². The molecule has 0 radical (unpaired) electrons. The number of nitrogens with one attached hydrogen (secondary N) is 2. The van der Waals surface area contributed by atoms with E-state index in [-0.39, 0.29) is 18.3 Å². The molecule has 3 aromatic rings. The molecule has 9 heteroatoms. The summed E-state index contributed by atoms with van der Waals surface area (Å²) in [6, 6.07) is 13.9. The van der Waals surface area contributed by atoms with Gasteiger partial charge in [-0.15, -0.1) is 5.10 Å². The second-order valence-corrected chi connectivity index (χ2v) is 6.96. The average Bonchev–Trinajstić information content (AvgIpc) is 3.16. The van der Waals surface area contributed by atoms with Crippen molar-refractivity contribution in [2.24, 2.45) is 0 Å². The minimum atomic E-state index is -0.479. The van der Waals surface area contributed by atoms with Crippen LogP contribution in [0.5, 0.6) is 0 Å². The van der Waals surface area contributed by atoms with Crippen LogP contribution < -0.4 is 5.32 Å². The Morgan fingerprint density at radius 1 is 1.18 bits per heavy atom. The Balaban J connectivity index is 1.60. The van der Waals surface area contributed by atoms with E-state index in [2.05, 4.69) is 20.5 Å². The lowest BCUT2D eigenvalue weighted by Gasteiger charge is -2.09. The molecule has 2 N–H and O–H groups in total. The summed E-state index contributed by atoms with van der Waals surface area (Å²) < 4.78 is 5.00. The van der Waals surface area contributed by atoms with Crippen LogP contribution in [0.4, 0.5) is 5.69 Å². The highest BCUT2D eigenvalue weighted by atomic mass is 35.5. The molecule has 1 amide bonds. The van der Waals surface area contributed by atoms with Crippen molar-refractivity contribution in [3.05, 3.63) is 59.1 Å². The van der Waals surface area contributed by atoms with Gasteiger partial charge >= 0.3 is 5.97 Å². The summed E-state index contributed by atoms with van der Waals surface area (Å²) in [5, 5.41) is 10.7. The molecule has 144 valence electrons. The smallest absolute Gasteiger partial charge is 0.340 e. The number of halogens is 1. The van der Waals surface area contributed by atoms with Crippen LogP contribution in [0.15, 0.2) is 53.7 Å². The van der Waals surface area contributed by atoms with Crippen molar-refractivity contribution < 1.29 is 14.3 Å². The predicted octanol–water partition coefficient (Wildman–Crippen LogP) is 4.03. The predicted molar refractivity (Wildman–Crippen MR) is 109 cm³/mol. The van der Waals surface area contributed by atoms with Crippen molar-refractivity contribution in [1.82, 2.24) is 15.2 Å². The van der Waals surface area contributed by atoms with Crippen LogP contribution in [0.3, 0.4) is 0 Å². The molecule has 0 atom stereocenters. The maximum Gasteiger partial charge on any atom is 0.340 e. The number of ether oxygens (including phenoxy) is 1. The van der Waals surface area contributed by atoms with Gasteiger partial charge in [-0.1, -0.05) is 35.5 Å². The number of benzene rings is 2. The highest BCUT2D eigenvalue weighted by molar-refractivity contribution is 7.99. The summed E-state index contributed by atoms with van der Waals surface area (Å²) in [7, 11) is 0. The third kappa shape index (κ3) is 5.11. The molecule has 0 bridgehead atoms. The fraction of sp³-hybridized carbons (Fsp3) is 0.158. The van der Waals surface area contributed by atoms with Gasteiger partial charge in [-0.05, 0) is 43.3 Å². The fourth-order valence-electron chi connectivity index (χ4n) is 2.34. The standard InChI is InChI=1S/C19H17ClN4O3S/c1-2-27-18(26)14-5-3-4-6-15(14)21-16(25)11-28-19-22-17(23-24-19)12-7-9-13(20)10-8-12/h3-10H,2,11H2,1H3,(H,21,25)(H,22,23,24). The van der Waals surface area contributed by atoms with E-state index in [1.165, 1.54) is 11.8 Å². The van der Waals surface area contributed by atoms with Gasteiger partial charge in [0.1, 0.15) is 0 Å². The zero-order chi connectivity index (χ0) is 19.9. The van der Waals surface area contributed by atoms with E-state index in [0.717, 1.165) is 5.56 Å². The molecule has 1 aromatic heterocycles. The highest BCUT2D eigenvalue weighted by Gasteiger charge is 2.15. The lowest BCUT2D eigenvalue weighted by Crippen LogP contribution is -2.17. The molecule has 0 aliphatic carbocycles. The molecule has 2 aromatic carbocycles. The molecule has 3 rings (SSSR count). The molecule has 0 unspecified atom stereocenters. The molecule has 0 aliphatic heterocycles. The lowest BCUT2D eigenvalue weighted by atomic mass is 10.2. The van der Waals surface area contributed by atoms with E-state index in [0.29, 0.717) is 27.3 Å². The summed E-state index contributed by atoms with van der Waals surface area (Å²) in [5.74, 6) is -0.0748. The summed E-state index contributed by atoms with van der Waals surface area (Å²) in [5.41, 5.74) is 1.56. The molecule has 0 fully saturated rings. The van der Waals surface area contributed by atoms with Crippen molar-refractivity contribution in [2.75, 3.05) is 17.7 Å². The molecular formula is C19H17ClN4O3S. The topological polar surface area (TPSA) is 97.0 Å². The number of thioether (sulfide) groups is 1. The SMILES string of the molecule is CCOC(=O)c1ccccc1NC(=O)CSc1n[nH]c(-c2ccc(Cl)cc2)n1. The van der Waals surface area contributed by atoms with Crippen molar-refractivity contribution >= 4 is 40.9 Å². The Morgan fingerprint density at radius 3 is 2.68 bits per heavy atom. The van der Waals surface area contributed by atoms with Crippen molar-refractivity contribution in [1.29, 1.82) is 0 Å². The van der Waals surface area contributed by atoms with Crippen molar-refractivity contribution in [3.8, 4) is 11.4 Å². The van der Waals surface area contributed by atoms with Crippen LogP contribution in [0, 0.1) is 0 Å². The van der Waals surface area contributed by atoms with E-state index in [4.69, 9.17) is 16.3 Å². The number of rotatable bonds is 7. The Kier molecular flexibility index (Phi) is 6.67. The van der Waals surface area contributed by atoms with Gasteiger partial charge in [0.15, 0.2) is 5.82 Å². The molecule has 0 saturated carbocycles. The van der Waals surface area contributed by atoms with Crippen LogP contribution in [0.25, 0.3) is 11.4 Å². The fourth-order valence-corrected chi connectivity index (χ4v) is 3.07. The van der Waals surface area contributed by atoms with Crippen LogP contribution in [0.2, 0.25) is 5.02 Å². The normalized spacial score (nSPS) is 10.5. The summed E-state index contributed by atoms with van der Waals surface area (Å²) in [4.78, 5) is 28.6. The molecule has 7 nitrogen and oxygen atoms in total. The second-order valence-electron chi connectivity index (χ2n) is 5.58. The molecular weight excluding hydrogens is 400 g/mol. The number of aromatic nitrogens is 3. The number of hydrogen-bond donors (Lipinski definition) is 2. The summed E-state index contributed by atoms with van der Waals surface area (Å²) >= 11 is 7.06. The number of esters is 1. The van der Waals surface area contributed by atoms with E-state index < -0.39 is 5.97 Å². The maximum atomic E-state index is 12.3. The van der Waals surface area contributed by atoms with Crippen molar-refractivity contribution in [3.63, 3.8) is 0 Å². The van der Waals surface area contributed by atoms with E-state index in [9.17, 15) is 9.59 Å². The summed E-state index contributed by atoms with van der Waals surface area (Å²) in [6.45, 7) is 1.99. The molecule has 0 spiro atoms. The van der Waals surface area contributed by atoms with Crippen LogP contribution in [-0.2, 0) is 9.53 Å². The highest BCUT2D eigenvalue weighted by Crippen LogP contribution is 2.22. The van der Waals surface area contributed by atoms with Gasteiger partial charge in [0, 0.05) is 10.6 Å². The Hall–Kier alpha value is -2.84. The zero-order valence-electron chi connectivity index (χ0n) is 14.9. The number of anilines is 1. The third-order valence-corrected chi connectivity index (χ3v) is 4.71. The van der Waals surface area contributed by atoms with Gasteiger partial charge in [0.05, 0.1) is 23.6 Å². The van der Waals surface area contributed by atoms with E-state index in [1.54, 1.807) is 43.3 Å². The number of carbonyl (C=O) groups is 2. The van der Waals surface area contributed by atoms with E-state index >= 15 is 0 Å². The number of nitrogens with zero attached hydrogens (tertiary/aromatic N) is 2. The minimum Gasteiger partial charge on any atom is -0.462 e. The van der Waals surface area contributed by atoms with Gasteiger partial charge in [0.25, 0.3) is 0 Å². The largest absolute Gasteiger partial charge is 0.462 e. The number of carbonyl (C=O) groups excluding carboxylic acids is 2. The van der Waals surface area contributed by atoms with Crippen molar-refractivity contribution in [2.45, 2.75) is 12.1 Å². The monoisotopic (exact) mass is 416 g/mol. The van der Waals surface area contributed by atoms with Crippen LogP contribution in [-0.4, -0.2) is 39.4 Å². The number of hydrogen-bond acceptors (Lipinski definition) is 6. The molecule has 28 heavy (non-hydrogen) atoms. The summed E-state index contributed by atoms with van der Waals surface area (Å²) in [6.07, 6.45) is 0. The Labute approximate surface area is 170 Å². The van der Waals surface area contributed by atoms with Gasteiger partial charge < -0.3 is 10.1 Å². The first-order chi connectivity index (χ1) is 13.6. The van der Waals surface area contributed by atoms with Gasteiger partial charge in [0.2, 0.25) is 11.1 Å². The van der Waals surface area contributed by atoms with Gasteiger partial charge in [-0.25, -0.2) is 9.78 Å². The zero-order valence-corrected chi connectivity index (χ0v) is 16.5. The minimum absolute atomic E-state index is 0.0923. The maximum absolute atomic E-state index is 12.3. The number of H-pyrrole nitrogens is 1. The Bertz CT molecular complexity index is 975. The Morgan fingerprint density at radius 2 is 1.93 bits per heavy atom. The molecule has 0 aliphatic rings. The third-order valence-electron chi connectivity index (χ3n) is 3.61.